The van der Waals surface area contributed by atoms with Crippen molar-refractivity contribution in [3.05, 3.63) is 47.5 Å². The predicted octanol–water partition coefficient (Wildman–Crippen LogP) is 2.99. The average Bonchev–Trinajstić information content (AvgIpc) is 2.18. The standard InChI is InChI=1S/C13H16O2/c1-10(2)12-8-6-11(7-9-12)4-3-5-13(14)15/h3,5-10H,4H2,1-2H3,(H,14,15)/b5-3+. The normalized spacial score (nSPS) is 11.1. The van der Waals surface area contributed by atoms with Crippen LogP contribution in [0.25, 0.3) is 0 Å². The SMILES string of the molecule is CC(C)c1ccc(C/C=C/C(=O)O)cc1. The Hall–Kier alpha value is -1.57. The van der Waals surface area contributed by atoms with E-state index in [4.69, 9.17) is 5.11 Å². The molecule has 15 heavy (non-hydrogen) atoms. The number of rotatable bonds is 4. The van der Waals surface area contributed by atoms with Gasteiger partial charge in [-0.3, -0.25) is 0 Å². The van der Waals surface area contributed by atoms with Crippen molar-refractivity contribution in [2.75, 3.05) is 0 Å². The maximum Gasteiger partial charge on any atom is 0.327 e. The Balaban J connectivity index is 2.61. The first kappa shape index (κ1) is 11.5. The highest BCUT2D eigenvalue weighted by molar-refractivity contribution is 5.79. The first-order valence-electron chi connectivity index (χ1n) is 5.08. The highest BCUT2D eigenvalue weighted by Crippen LogP contribution is 2.14. The van der Waals surface area contributed by atoms with Gasteiger partial charge in [0.1, 0.15) is 0 Å². The lowest BCUT2D eigenvalue weighted by atomic mass is 10.0. The molecular weight excluding hydrogens is 188 g/mol. The molecule has 0 spiro atoms. The van der Waals surface area contributed by atoms with Gasteiger partial charge in [0.05, 0.1) is 0 Å². The zero-order valence-corrected chi connectivity index (χ0v) is 9.10. The maximum absolute atomic E-state index is 10.2. The van der Waals surface area contributed by atoms with E-state index in [1.807, 2.05) is 12.1 Å². The Morgan fingerprint density at radius 2 is 1.93 bits per heavy atom. The van der Waals surface area contributed by atoms with Crippen LogP contribution in [0.3, 0.4) is 0 Å². The molecule has 0 bridgehead atoms. The van der Waals surface area contributed by atoms with E-state index in [1.165, 1.54) is 11.6 Å². The van der Waals surface area contributed by atoms with Crippen LogP contribution in [0.2, 0.25) is 0 Å². The Morgan fingerprint density at radius 3 is 2.40 bits per heavy atom. The van der Waals surface area contributed by atoms with E-state index < -0.39 is 5.97 Å². The van der Waals surface area contributed by atoms with Gasteiger partial charge < -0.3 is 5.11 Å². The van der Waals surface area contributed by atoms with Crippen LogP contribution in [0.5, 0.6) is 0 Å². The first-order chi connectivity index (χ1) is 7.09. The van der Waals surface area contributed by atoms with Crippen LogP contribution in [0, 0.1) is 0 Å². The van der Waals surface area contributed by atoms with Crippen molar-refractivity contribution in [1.82, 2.24) is 0 Å². The molecule has 80 valence electrons. The van der Waals surface area contributed by atoms with Gasteiger partial charge in [-0.25, -0.2) is 4.79 Å². The van der Waals surface area contributed by atoms with Crippen molar-refractivity contribution in [2.24, 2.45) is 0 Å². The zero-order chi connectivity index (χ0) is 11.3. The third-order valence-electron chi connectivity index (χ3n) is 2.26. The molecule has 0 fully saturated rings. The highest BCUT2D eigenvalue weighted by atomic mass is 16.4. The van der Waals surface area contributed by atoms with Crippen molar-refractivity contribution in [3.8, 4) is 0 Å². The summed E-state index contributed by atoms with van der Waals surface area (Å²) in [7, 11) is 0. The van der Waals surface area contributed by atoms with Gasteiger partial charge in [-0.2, -0.15) is 0 Å². The number of allylic oxidation sites excluding steroid dienone is 1. The number of hydrogen-bond acceptors (Lipinski definition) is 1. The van der Waals surface area contributed by atoms with Gasteiger partial charge >= 0.3 is 5.97 Å². The monoisotopic (exact) mass is 204 g/mol. The third kappa shape index (κ3) is 3.98. The van der Waals surface area contributed by atoms with Crippen LogP contribution in [-0.2, 0) is 11.2 Å². The molecule has 2 nitrogen and oxygen atoms in total. The van der Waals surface area contributed by atoms with Gasteiger partial charge in [0.15, 0.2) is 0 Å². The second kappa shape index (κ2) is 5.35. The van der Waals surface area contributed by atoms with Crippen molar-refractivity contribution < 1.29 is 9.90 Å². The molecule has 0 unspecified atom stereocenters. The Kier molecular flexibility index (Phi) is 4.10. The molecule has 0 amide bonds. The lowest BCUT2D eigenvalue weighted by molar-refractivity contribution is -0.131. The van der Waals surface area contributed by atoms with Crippen LogP contribution in [0.4, 0.5) is 0 Å². The molecular formula is C13H16O2. The first-order valence-corrected chi connectivity index (χ1v) is 5.08. The van der Waals surface area contributed by atoms with E-state index in [2.05, 4.69) is 26.0 Å². The molecule has 0 saturated heterocycles. The molecule has 1 N–H and O–H groups in total. The van der Waals surface area contributed by atoms with Gasteiger partial charge in [-0.15, -0.1) is 0 Å². The number of hydrogen-bond donors (Lipinski definition) is 1. The van der Waals surface area contributed by atoms with Crippen molar-refractivity contribution in [3.63, 3.8) is 0 Å². The Morgan fingerprint density at radius 1 is 1.33 bits per heavy atom. The van der Waals surface area contributed by atoms with E-state index in [0.717, 1.165) is 5.56 Å². The third-order valence-corrected chi connectivity index (χ3v) is 2.26. The zero-order valence-electron chi connectivity index (χ0n) is 9.10. The molecule has 0 heterocycles. The average molecular weight is 204 g/mol. The quantitative estimate of drug-likeness (QED) is 0.765. The van der Waals surface area contributed by atoms with E-state index in [0.29, 0.717) is 12.3 Å². The summed E-state index contributed by atoms with van der Waals surface area (Å²) < 4.78 is 0. The molecule has 0 atom stereocenters. The minimum atomic E-state index is -0.895. The predicted molar refractivity (Wildman–Crippen MR) is 61.0 cm³/mol. The molecule has 0 aliphatic heterocycles. The van der Waals surface area contributed by atoms with Crippen molar-refractivity contribution in [1.29, 1.82) is 0 Å². The summed E-state index contributed by atoms with van der Waals surface area (Å²) in [6, 6.07) is 8.27. The molecule has 2 heteroatoms. The van der Waals surface area contributed by atoms with Gasteiger partial charge in [0.2, 0.25) is 0 Å². The molecule has 0 aromatic heterocycles. The molecule has 1 aromatic rings. The second-order valence-corrected chi connectivity index (χ2v) is 3.84. The van der Waals surface area contributed by atoms with Crippen LogP contribution in [0.1, 0.15) is 30.9 Å². The number of carboxylic acid groups (broad SMARTS) is 1. The molecule has 1 aromatic carbocycles. The largest absolute Gasteiger partial charge is 0.478 e. The highest BCUT2D eigenvalue weighted by Gasteiger charge is 1.97. The summed E-state index contributed by atoms with van der Waals surface area (Å²) >= 11 is 0. The van der Waals surface area contributed by atoms with Crippen LogP contribution >= 0.6 is 0 Å². The van der Waals surface area contributed by atoms with Crippen LogP contribution in [-0.4, -0.2) is 11.1 Å². The Labute approximate surface area is 90.3 Å². The van der Waals surface area contributed by atoms with E-state index in [1.54, 1.807) is 6.08 Å². The molecule has 0 saturated carbocycles. The number of carboxylic acids is 1. The summed E-state index contributed by atoms with van der Waals surface area (Å²) in [6.07, 6.45) is 3.51. The van der Waals surface area contributed by atoms with Gasteiger partial charge in [0.25, 0.3) is 0 Å². The minimum Gasteiger partial charge on any atom is -0.478 e. The summed E-state index contributed by atoms with van der Waals surface area (Å²) in [4.78, 5) is 10.2. The topological polar surface area (TPSA) is 37.3 Å². The lowest BCUT2D eigenvalue weighted by Crippen LogP contribution is -1.90. The summed E-state index contributed by atoms with van der Waals surface area (Å²) in [6.45, 7) is 4.30. The summed E-state index contributed by atoms with van der Waals surface area (Å²) in [5.41, 5.74) is 2.44. The number of benzene rings is 1. The van der Waals surface area contributed by atoms with Crippen molar-refractivity contribution >= 4 is 5.97 Å². The minimum absolute atomic E-state index is 0.536. The number of aliphatic carboxylic acids is 1. The number of carbonyl (C=O) groups is 1. The molecule has 0 aliphatic carbocycles. The van der Waals surface area contributed by atoms with Gasteiger partial charge in [-0.1, -0.05) is 44.2 Å². The fourth-order valence-corrected chi connectivity index (χ4v) is 1.33. The van der Waals surface area contributed by atoms with E-state index >= 15 is 0 Å². The smallest absolute Gasteiger partial charge is 0.327 e. The van der Waals surface area contributed by atoms with Crippen LogP contribution in [0.15, 0.2) is 36.4 Å². The van der Waals surface area contributed by atoms with E-state index in [-0.39, 0.29) is 0 Å². The fourth-order valence-electron chi connectivity index (χ4n) is 1.33. The van der Waals surface area contributed by atoms with Crippen LogP contribution < -0.4 is 0 Å². The fraction of sp³-hybridized carbons (Fsp3) is 0.308. The lowest BCUT2D eigenvalue weighted by Gasteiger charge is -2.05. The second-order valence-electron chi connectivity index (χ2n) is 3.84. The molecule has 1 rings (SSSR count). The summed E-state index contributed by atoms with van der Waals surface area (Å²) in [5.74, 6) is -0.359. The van der Waals surface area contributed by atoms with Gasteiger partial charge in [-0.05, 0) is 23.5 Å². The summed E-state index contributed by atoms with van der Waals surface area (Å²) in [5, 5.41) is 8.42. The molecule has 0 radical (unpaired) electrons. The maximum atomic E-state index is 10.2. The molecule has 0 aliphatic rings. The van der Waals surface area contributed by atoms with E-state index in [9.17, 15) is 4.79 Å². The van der Waals surface area contributed by atoms with Gasteiger partial charge in [0, 0.05) is 6.08 Å². The Bertz CT molecular complexity index is 347. The van der Waals surface area contributed by atoms with Crippen molar-refractivity contribution in [2.45, 2.75) is 26.2 Å².